The first-order chi connectivity index (χ1) is 11.2. The molecule has 1 fully saturated rings. The van der Waals surface area contributed by atoms with E-state index in [0.717, 1.165) is 24.3 Å². The number of hydrogen-bond acceptors (Lipinski definition) is 4. The molecule has 3 rings (SSSR count). The highest BCUT2D eigenvalue weighted by atomic mass is 35.5. The van der Waals surface area contributed by atoms with Gasteiger partial charge in [-0.1, -0.05) is 17.7 Å². The number of amides is 2. The number of rotatable bonds is 5. The van der Waals surface area contributed by atoms with Crippen LogP contribution in [-0.2, 0) is 11.3 Å². The summed E-state index contributed by atoms with van der Waals surface area (Å²) in [4.78, 5) is 19.5. The normalized spacial score (nSPS) is 17.2. The number of urea groups is 1. The van der Waals surface area contributed by atoms with Gasteiger partial charge in [-0.15, -0.1) is 11.3 Å². The van der Waals surface area contributed by atoms with Crippen molar-refractivity contribution in [2.45, 2.75) is 25.5 Å². The van der Waals surface area contributed by atoms with Crippen LogP contribution in [0, 0.1) is 0 Å². The molecule has 0 bridgehead atoms. The number of thiophene rings is 1. The molecule has 1 atom stereocenters. The third-order valence-corrected chi connectivity index (χ3v) is 4.83. The molecule has 1 aliphatic rings. The molecular weight excluding hydrogens is 334 g/mol. The minimum absolute atomic E-state index is 0.102. The summed E-state index contributed by atoms with van der Waals surface area (Å²) in [6.07, 6.45) is 3.73. The molecule has 0 aromatic carbocycles. The fourth-order valence-corrected chi connectivity index (χ4v) is 3.40. The van der Waals surface area contributed by atoms with Gasteiger partial charge in [0.2, 0.25) is 0 Å². The van der Waals surface area contributed by atoms with Crippen molar-refractivity contribution >= 4 is 34.7 Å². The SMILES string of the molecule is O=C(Nc1cccnc1Cl)N(Cc1cccs1)C[C@@H]1CCCO1. The summed E-state index contributed by atoms with van der Waals surface area (Å²) in [7, 11) is 0. The number of aromatic nitrogens is 1. The van der Waals surface area contributed by atoms with Gasteiger partial charge in [0.25, 0.3) is 0 Å². The molecule has 3 heterocycles. The van der Waals surface area contributed by atoms with E-state index in [2.05, 4.69) is 10.3 Å². The Morgan fingerprint density at radius 1 is 1.48 bits per heavy atom. The van der Waals surface area contributed by atoms with E-state index < -0.39 is 0 Å². The Hall–Kier alpha value is -1.63. The van der Waals surface area contributed by atoms with Gasteiger partial charge in [-0.25, -0.2) is 9.78 Å². The van der Waals surface area contributed by atoms with Crippen molar-refractivity contribution in [2.75, 3.05) is 18.5 Å². The van der Waals surface area contributed by atoms with Gasteiger partial charge in [-0.2, -0.15) is 0 Å². The van der Waals surface area contributed by atoms with Crippen LogP contribution in [0.25, 0.3) is 0 Å². The van der Waals surface area contributed by atoms with E-state index in [1.165, 1.54) is 0 Å². The number of anilines is 1. The quantitative estimate of drug-likeness (QED) is 0.828. The van der Waals surface area contributed by atoms with Gasteiger partial charge in [0, 0.05) is 24.2 Å². The van der Waals surface area contributed by atoms with E-state index in [9.17, 15) is 4.79 Å². The van der Waals surface area contributed by atoms with Gasteiger partial charge in [0.15, 0.2) is 5.15 Å². The number of nitrogens with one attached hydrogen (secondary N) is 1. The molecule has 23 heavy (non-hydrogen) atoms. The molecule has 7 heteroatoms. The highest BCUT2D eigenvalue weighted by molar-refractivity contribution is 7.09. The molecular formula is C16H18ClN3O2S. The lowest BCUT2D eigenvalue weighted by Crippen LogP contribution is -2.39. The highest BCUT2D eigenvalue weighted by Crippen LogP contribution is 2.21. The van der Waals surface area contributed by atoms with E-state index in [0.29, 0.717) is 18.8 Å². The van der Waals surface area contributed by atoms with Crippen LogP contribution in [-0.4, -0.2) is 35.2 Å². The Morgan fingerprint density at radius 3 is 3.09 bits per heavy atom. The molecule has 0 saturated carbocycles. The number of pyridine rings is 1. The number of carbonyl (C=O) groups excluding carboxylic acids is 1. The molecule has 0 unspecified atom stereocenters. The first-order valence-electron chi connectivity index (χ1n) is 7.53. The lowest BCUT2D eigenvalue weighted by molar-refractivity contribution is 0.0821. The molecule has 122 valence electrons. The number of carbonyl (C=O) groups is 1. The van der Waals surface area contributed by atoms with Crippen molar-refractivity contribution in [2.24, 2.45) is 0 Å². The maximum absolute atomic E-state index is 12.7. The van der Waals surface area contributed by atoms with Crippen molar-refractivity contribution in [1.29, 1.82) is 0 Å². The predicted molar refractivity (Wildman–Crippen MR) is 92.0 cm³/mol. The van der Waals surface area contributed by atoms with E-state index in [1.807, 2.05) is 17.5 Å². The fraction of sp³-hybridized carbons (Fsp3) is 0.375. The van der Waals surface area contributed by atoms with Crippen LogP contribution in [0.1, 0.15) is 17.7 Å². The van der Waals surface area contributed by atoms with Gasteiger partial charge in [0.05, 0.1) is 18.3 Å². The first-order valence-corrected chi connectivity index (χ1v) is 8.78. The molecule has 2 amide bonds. The van der Waals surface area contributed by atoms with E-state index in [4.69, 9.17) is 16.3 Å². The lowest BCUT2D eigenvalue weighted by atomic mass is 10.2. The van der Waals surface area contributed by atoms with Crippen LogP contribution in [0.15, 0.2) is 35.8 Å². The maximum Gasteiger partial charge on any atom is 0.322 e. The second-order valence-corrected chi connectivity index (χ2v) is 6.76. The summed E-state index contributed by atoms with van der Waals surface area (Å²) in [6, 6.07) is 7.30. The molecule has 5 nitrogen and oxygen atoms in total. The third-order valence-electron chi connectivity index (χ3n) is 3.66. The second-order valence-electron chi connectivity index (χ2n) is 5.37. The van der Waals surface area contributed by atoms with Crippen LogP contribution in [0.5, 0.6) is 0 Å². The van der Waals surface area contributed by atoms with Gasteiger partial charge in [-0.05, 0) is 36.4 Å². The molecule has 0 spiro atoms. The lowest BCUT2D eigenvalue weighted by Gasteiger charge is -2.25. The largest absolute Gasteiger partial charge is 0.376 e. The van der Waals surface area contributed by atoms with Gasteiger partial charge >= 0.3 is 6.03 Å². The zero-order valence-corrected chi connectivity index (χ0v) is 14.1. The molecule has 0 radical (unpaired) electrons. The smallest absolute Gasteiger partial charge is 0.322 e. The molecule has 2 aromatic heterocycles. The van der Waals surface area contributed by atoms with Crippen molar-refractivity contribution in [3.63, 3.8) is 0 Å². The van der Waals surface area contributed by atoms with E-state index >= 15 is 0 Å². The molecule has 1 aliphatic heterocycles. The summed E-state index contributed by atoms with van der Waals surface area (Å²) in [5.41, 5.74) is 0.516. The van der Waals surface area contributed by atoms with E-state index in [-0.39, 0.29) is 17.3 Å². The minimum atomic E-state index is -0.191. The van der Waals surface area contributed by atoms with Crippen LogP contribution >= 0.6 is 22.9 Å². The Kier molecular flexibility index (Phi) is 5.48. The standard InChI is InChI=1S/C16H18ClN3O2S/c17-15-14(6-1-7-18-15)19-16(21)20(10-12-4-2-8-22-12)11-13-5-3-9-23-13/h1,3,5-7,9,12H,2,4,8,10-11H2,(H,19,21)/t12-/m0/s1. The predicted octanol–water partition coefficient (Wildman–Crippen LogP) is 4.01. The second kappa shape index (κ2) is 7.77. The minimum Gasteiger partial charge on any atom is -0.376 e. The summed E-state index contributed by atoms with van der Waals surface area (Å²) in [5.74, 6) is 0. The average Bonchev–Trinajstić information content (AvgIpc) is 3.22. The average molecular weight is 352 g/mol. The van der Waals surface area contributed by atoms with E-state index in [1.54, 1.807) is 34.6 Å². The zero-order valence-electron chi connectivity index (χ0n) is 12.6. The molecule has 0 aliphatic carbocycles. The van der Waals surface area contributed by atoms with Crippen LogP contribution in [0.2, 0.25) is 5.15 Å². The van der Waals surface area contributed by atoms with Crippen LogP contribution in [0.4, 0.5) is 10.5 Å². The molecule has 2 aromatic rings. The summed E-state index contributed by atoms with van der Waals surface area (Å²) >= 11 is 7.65. The summed E-state index contributed by atoms with van der Waals surface area (Å²) < 4.78 is 5.67. The highest BCUT2D eigenvalue weighted by Gasteiger charge is 2.23. The summed E-state index contributed by atoms with van der Waals surface area (Å²) in [6.45, 7) is 1.90. The van der Waals surface area contributed by atoms with Crippen LogP contribution < -0.4 is 5.32 Å². The topological polar surface area (TPSA) is 54.5 Å². The Bertz CT molecular complexity index is 645. The molecule has 1 N–H and O–H groups in total. The van der Waals surface area contributed by atoms with Gasteiger partial charge in [-0.3, -0.25) is 0 Å². The maximum atomic E-state index is 12.7. The van der Waals surface area contributed by atoms with Crippen molar-refractivity contribution in [1.82, 2.24) is 9.88 Å². The third kappa shape index (κ3) is 4.43. The molecule has 1 saturated heterocycles. The number of ether oxygens (including phenoxy) is 1. The zero-order chi connectivity index (χ0) is 16.1. The summed E-state index contributed by atoms with van der Waals surface area (Å²) in [5, 5.41) is 5.13. The van der Waals surface area contributed by atoms with Crippen molar-refractivity contribution in [3.05, 3.63) is 45.9 Å². The Balaban J connectivity index is 1.70. The first kappa shape index (κ1) is 16.2. The fourth-order valence-electron chi connectivity index (χ4n) is 2.52. The van der Waals surface area contributed by atoms with Crippen LogP contribution in [0.3, 0.4) is 0 Å². The number of hydrogen-bond donors (Lipinski definition) is 1. The van der Waals surface area contributed by atoms with Gasteiger partial charge < -0.3 is 15.0 Å². The van der Waals surface area contributed by atoms with Crippen molar-refractivity contribution in [3.8, 4) is 0 Å². The Labute approximate surface area is 144 Å². The number of halogens is 1. The van der Waals surface area contributed by atoms with Crippen molar-refractivity contribution < 1.29 is 9.53 Å². The number of nitrogens with zero attached hydrogens (tertiary/aromatic N) is 2. The Morgan fingerprint density at radius 2 is 2.39 bits per heavy atom. The van der Waals surface area contributed by atoms with Gasteiger partial charge in [0.1, 0.15) is 0 Å². The monoisotopic (exact) mass is 351 g/mol.